The van der Waals surface area contributed by atoms with E-state index in [4.69, 9.17) is 5.26 Å². The predicted molar refractivity (Wildman–Crippen MR) is 106 cm³/mol. The molecule has 0 fully saturated rings. The standard InChI is InChI=1S/C21H24N4O2/c1-4-17-9-5-6-11-19(17)24-20(26)14-25(3)15(2)21(27)23-18-10-7-8-16(12-18)13-22/h5-12,15H,4,14H2,1-3H3,(H,23,27)(H,24,26)/t15-/m0/s1. The molecule has 2 aromatic carbocycles. The molecular formula is C21H24N4O2. The van der Waals surface area contributed by atoms with Crippen LogP contribution >= 0.6 is 0 Å². The average molecular weight is 364 g/mol. The van der Waals surface area contributed by atoms with Crippen molar-refractivity contribution < 1.29 is 9.59 Å². The van der Waals surface area contributed by atoms with Gasteiger partial charge >= 0.3 is 0 Å². The molecule has 0 saturated carbocycles. The van der Waals surface area contributed by atoms with Gasteiger partial charge in [-0.25, -0.2) is 0 Å². The fourth-order valence-corrected chi connectivity index (χ4v) is 2.62. The summed E-state index contributed by atoms with van der Waals surface area (Å²) >= 11 is 0. The Balaban J connectivity index is 1.93. The summed E-state index contributed by atoms with van der Waals surface area (Å²) < 4.78 is 0. The number of likely N-dealkylation sites (N-methyl/N-ethyl adjacent to an activating group) is 1. The Hall–Kier alpha value is -3.17. The maximum atomic E-state index is 12.4. The molecule has 0 unspecified atom stereocenters. The Kier molecular flexibility index (Phi) is 7.09. The third-order valence-electron chi connectivity index (χ3n) is 4.37. The lowest BCUT2D eigenvalue weighted by molar-refractivity contribution is -0.122. The van der Waals surface area contributed by atoms with Crippen LogP contribution in [0.15, 0.2) is 48.5 Å². The average Bonchev–Trinajstić information content (AvgIpc) is 2.67. The van der Waals surface area contributed by atoms with E-state index >= 15 is 0 Å². The quantitative estimate of drug-likeness (QED) is 0.791. The molecular weight excluding hydrogens is 340 g/mol. The van der Waals surface area contributed by atoms with Crippen LogP contribution in [0.25, 0.3) is 0 Å². The molecule has 0 radical (unpaired) electrons. The fraction of sp³-hybridized carbons (Fsp3) is 0.286. The third-order valence-corrected chi connectivity index (χ3v) is 4.37. The number of amides is 2. The summed E-state index contributed by atoms with van der Waals surface area (Å²) in [6, 6.07) is 15.9. The summed E-state index contributed by atoms with van der Waals surface area (Å²) in [5.41, 5.74) is 2.89. The lowest BCUT2D eigenvalue weighted by atomic mass is 10.1. The van der Waals surface area contributed by atoms with Gasteiger partial charge < -0.3 is 10.6 Å². The maximum Gasteiger partial charge on any atom is 0.241 e. The summed E-state index contributed by atoms with van der Waals surface area (Å²) in [5, 5.41) is 14.6. The fourth-order valence-electron chi connectivity index (χ4n) is 2.62. The molecule has 0 saturated heterocycles. The summed E-state index contributed by atoms with van der Waals surface area (Å²) in [6.45, 7) is 3.85. The van der Waals surface area contributed by atoms with Gasteiger partial charge in [0.2, 0.25) is 11.8 Å². The van der Waals surface area contributed by atoms with Gasteiger partial charge in [-0.3, -0.25) is 14.5 Å². The summed E-state index contributed by atoms with van der Waals surface area (Å²) in [5.74, 6) is -0.418. The predicted octanol–water partition coefficient (Wildman–Crippen LogP) is 3.02. The van der Waals surface area contributed by atoms with Gasteiger partial charge in [0.15, 0.2) is 0 Å². The largest absolute Gasteiger partial charge is 0.325 e. The number of carbonyl (C=O) groups excluding carboxylic acids is 2. The minimum absolute atomic E-state index is 0.0882. The topological polar surface area (TPSA) is 85.2 Å². The van der Waals surface area contributed by atoms with Crippen molar-refractivity contribution in [3.05, 3.63) is 59.7 Å². The zero-order chi connectivity index (χ0) is 19.8. The van der Waals surface area contributed by atoms with Gasteiger partial charge in [0.25, 0.3) is 0 Å². The highest BCUT2D eigenvalue weighted by Gasteiger charge is 2.20. The van der Waals surface area contributed by atoms with Crippen molar-refractivity contribution in [3.63, 3.8) is 0 Å². The molecule has 0 aliphatic heterocycles. The number of nitrogens with zero attached hydrogens (tertiary/aromatic N) is 2. The van der Waals surface area contributed by atoms with Crippen LogP contribution in [0.5, 0.6) is 0 Å². The Labute approximate surface area is 159 Å². The Morgan fingerprint density at radius 1 is 1.15 bits per heavy atom. The zero-order valence-electron chi connectivity index (χ0n) is 15.8. The number of hydrogen-bond donors (Lipinski definition) is 2. The van der Waals surface area contributed by atoms with Crippen LogP contribution in [0, 0.1) is 11.3 Å². The van der Waals surface area contributed by atoms with Crippen molar-refractivity contribution in [1.29, 1.82) is 5.26 Å². The van der Waals surface area contributed by atoms with Gasteiger partial charge in [0, 0.05) is 11.4 Å². The van der Waals surface area contributed by atoms with Crippen molar-refractivity contribution in [1.82, 2.24) is 4.90 Å². The number of para-hydroxylation sites is 1. The molecule has 6 nitrogen and oxygen atoms in total. The van der Waals surface area contributed by atoms with E-state index in [1.807, 2.05) is 37.3 Å². The molecule has 0 aromatic heterocycles. The van der Waals surface area contributed by atoms with Crippen molar-refractivity contribution in [2.24, 2.45) is 0 Å². The van der Waals surface area contributed by atoms with E-state index in [2.05, 4.69) is 10.6 Å². The lowest BCUT2D eigenvalue weighted by Crippen LogP contribution is -2.43. The van der Waals surface area contributed by atoms with E-state index < -0.39 is 6.04 Å². The summed E-state index contributed by atoms with van der Waals surface area (Å²) in [6.07, 6.45) is 0.826. The van der Waals surface area contributed by atoms with Crippen molar-refractivity contribution >= 4 is 23.2 Å². The van der Waals surface area contributed by atoms with E-state index in [-0.39, 0.29) is 18.4 Å². The molecule has 2 aromatic rings. The number of anilines is 2. The van der Waals surface area contributed by atoms with Crippen molar-refractivity contribution in [3.8, 4) is 6.07 Å². The van der Waals surface area contributed by atoms with Gasteiger partial charge in [0.1, 0.15) is 0 Å². The highest BCUT2D eigenvalue weighted by molar-refractivity contribution is 5.96. The molecule has 27 heavy (non-hydrogen) atoms. The first-order valence-electron chi connectivity index (χ1n) is 8.83. The van der Waals surface area contributed by atoms with Gasteiger partial charge in [-0.2, -0.15) is 5.26 Å². The molecule has 0 aliphatic rings. The van der Waals surface area contributed by atoms with Crippen LogP contribution in [-0.4, -0.2) is 36.3 Å². The Morgan fingerprint density at radius 2 is 1.89 bits per heavy atom. The summed E-state index contributed by atoms with van der Waals surface area (Å²) in [4.78, 5) is 26.4. The summed E-state index contributed by atoms with van der Waals surface area (Å²) in [7, 11) is 1.72. The number of nitriles is 1. The minimum Gasteiger partial charge on any atom is -0.325 e. The first kappa shape index (κ1) is 20.1. The van der Waals surface area contributed by atoms with Crippen LogP contribution in [-0.2, 0) is 16.0 Å². The zero-order valence-corrected chi connectivity index (χ0v) is 15.8. The molecule has 140 valence electrons. The minimum atomic E-state index is -0.511. The van der Waals surface area contributed by atoms with Crippen molar-refractivity contribution in [2.75, 3.05) is 24.2 Å². The number of hydrogen-bond acceptors (Lipinski definition) is 4. The van der Waals surface area contributed by atoms with E-state index in [0.717, 1.165) is 17.7 Å². The maximum absolute atomic E-state index is 12.4. The second-order valence-corrected chi connectivity index (χ2v) is 6.33. The molecule has 0 spiro atoms. The Bertz CT molecular complexity index is 857. The van der Waals surface area contributed by atoms with Crippen LogP contribution in [0.4, 0.5) is 11.4 Å². The highest BCUT2D eigenvalue weighted by atomic mass is 16.2. The first-order chi connectivity index (χ1) is 12.9. The van der Waals surface area contributed by atoms with Gasteiger partial charge in [-0.1, -0.05) is 31.2 Å². The van der Waals surface area contributed by atoms with E-state index in [0.29, 0.717) is 11.3 Å². The number of nitrogens with one attached hydrogen (secondary N) is 2. The van der Waals surface area contributed by atoms with Crippen LogP contribution in [0.2, 0.25) is 0 Å². The number of rotatable bonds is 7. The first-order valence-corrected chi connectivity index (χ1v) is 8.83. The molecule has 0 aliphatic carbocycles. The van der Waals surface area contributed by atoms with Crippen molar-refractivity contribution in [2.45, 2.75) is 26.3 Å². The van der Waals surface area contributed by atoms with Crippen LogP contribution in [0.1, 0.15) is 25.0 Å². The van der Waals surface area contributed by atoms with E-state index in [1.165, 1.54) is 0 Å². The van der Waals surface area contributed by atoms with E-state index in [9.17, 15) is 9.59 Å². The number of benzene rings is 2. The number of aryl methyl sites for hydroxylation is 1. The lowest BCUT2D eigenvalue weighted by Gasteiger charge is -2.23. The SMILES string of the molecule is CCc1ccccc1NC(=O)CN(C)[C@@H](C)C(=O)Nc1cccc(C#N)c1. The van der Waals surface area contributed by atoms with Gasteiger partial charge in [0.05, 0.1) is 24.2 Å². The Morgan fingerprint density at radius 3 is 2.59 bits per heavy atom. The van der Waals surface area contributed by atoms with Gasteiger partial charge in [-0.05, 0) is 50.2 Å². The molecule has 1 atom stereocenters. The second kappa shape index (κ2) is 9.51. The third kappa shape index (κ3) is 5.66. The molecule has 2 N–H and O–H groups in total. The molecule has 0 heterocycles. The second-order valence-electron chi connectivity index (χ2n) is 6.33. The smallest absolute Gasteiger partial charge is 0.241 e. The highest BCUT2D eigenvalue weighted by Crippen LogP contribution is 2.15. The molecule has 6 heteroatoms. The number of carbonyl (C=O) groups is 2. The van der Waals surface area contributed by atoms with Gasteiger partial charge in [-0.15, -0.1) is 0 Å². The molecule has 2 rings (SSSR count). The molecule has 0 bridgehead atoms. The van der Waals surface area contributed by atoms with Crippen LogP contribution in [0.3, 0.4) is 0 Å². The normalized spacial score (nSPS) is 11.5. The van der Waals surface area contributed by atoms with Crippen LogP contribution < -0.4 is 10.6 Å². The van der Waals surface area contributed by atoms with E-state index in [1.54, 1.807) is 43.1 Å². The molecule has 2 amide bonds. The monoisotopic (exact) mass is 364 g/mol.